The Kier molecular flexibility index (Phi) is 6.41. The summed E-state index contributed by atoms with van der Waals surface area (Å²) in [7, 11) is 0. The summed E-state index contributed by atoms with van der Waals surface area (Å²) in [5, 5.41) is 6.16. The van der Waals surface area contributed by atoms with Crippen molar-refractivity contribution >= 4 is 17.3 Å². The van der Waals surface area contributed by atoms with Crippen LogP contribution in [0.3, 0.4) is 0 Å². The standard InChI is InChI=1S/C22H23N3O2/c1-2-3-13-24-19-14-17(15-23-16-19)22(26)25-18-9-11-21(12-10-18)27-20-7-5-4-6-8-20/h4-12,14-16,24H,2-3,13H2,1H3,(H,25,26). The molecule has 0 aliphatic carbocycles. The number of carbonyl (C=O) groups excluding carboxylic acids is 1. The molecule has 2 N–H and O–H groups in total. The van der Waals surface area contributed by atoms with Crippen LogP contribution in [-0.4, -0.2) is 17.4 Å². The van der Waals surface area contributed by atoms with E-state index in [1.165, 1.54) is 0 Å². The molecule has 0 unspecified atom stereocenters. The third-order valence-corrected chi connectivity index (χ3v) is 3.95. The molecule has 1 aromatic heterocycles. The maximum atomic E-state index is 12.5. The average Bonchev–Trinajstić information content (AvgIpc) is 2.71. The topological polar surface area (TPSA) is 63.2 Å². The Hall–Kier alpha value is -3.34. The summed E-state index contributed by atoms with van der Waals surface area (Å²) in [5.41, 5.74) is 2.06. The molecule has 0 saturated heterocycles. The van der Waals surface area contributed by atoms with Gasteiger partial charge in [-0.2, -0.15) is 0 Å². The van der Waals surface area contributed by atoms with E-state index in [2.05, 4.69) is 22.5 Å². The normalized spacial score (nSPS) is 10.3. The molecule has 138 valence electrons. The second-order valence-electron chi connectivity index (χ2n) is 6.14. The summed E-state index contributed by atoms with van der Waals surface area (Å²) in [4.78, 5) is 16.6. The first-order chi connectivity index (χ1) is 13.2. The Balaban J connectivity index is 1.60. The largest absolute Gasteiger partial charge is 0.457 e. The number of hydrogen-bond acceptors (Lipinski definition) is 4. The first-order valence-corrected chi connectivity index (χ1v) is 9.08. The molecule has 0 spiro atoms. The molecule has 0 radical (unpaired) electrons. The smallest absolute Gasteiger partial charge is 0.257 e. The number of nitrogens with one attached hydrogen (secondary N) is 2. The predicted molar refractivity (Wildman–Crippen MR) is 109 cm³/mol. The lowest BCUT2D eigenvalue weighted by Crippen LogP contribution is -2.13. The molecule has 0 saturated carbocycles. The molecule has 0 aliphatic heterocycles. The highest BCUT2D eigenvalue weighted by Crippen LogP contribution is 2.23. The molecule has 5 nitrogen and oxygen atoms in total. The lowest BCUT2D eigenvalue weighted by atomic mass is 10.2. The van der Waals surface area contributed by atoms with Crippen molar-refractivity contribution in [3.8, 4) is 11.5 Å². The van der Waals surface area contributed by atoms with Crippen LogP contribution >= 0.6 is 0 Å². The Morgan fingerprint density at radius 2 is 1.70 bits per heavy atom. The van der Waals surface area contributed by atoms with Crippen LogP contribution in [0.2, 0.25) is 0 Å². The molecule has 0 atom stereocenters. The fourth-order valence-electron chi connectivity index (χ4n) is 2.50. The van der Waals surface area contributed by atoms with Gasteiger partial charge in [0.2, 0.25) is 0 Å². The zero-order valence-electron chi connectivity index (χ0n) is 15.3. The number of rotatable bonds is 8. The van der Waals surface area contributed by atoms with Gasteiger partial charge in [0.05, 0.1) is 11.3 Å². The number of amides is 1. The van der Waals surface area contributed by atoms with Crippen LogP contribution in [0.1, 0.15) is 30.1 Å². The number of unbranched alkanes of at least 4 members (excludes halogenated alkanes) is 1. The van der Waals surface area contributed by atoms with Gasteiger partial charge in [0.15, 0.2) is 0 Å². The number of ether oxygens (including phenoxy) is 1. The van der Waals surface area contributed by atoms with E-state index in [1.807, 2.05) is 60.7 Å². The molecule has 5 heteroatoms. The van der Waals surface area contributed by atoms with Gasteiger partial charge in [-0.25, -0.2) is 0 Å². The molecule has 27 heavy (non-hydrogen) atoms. The van der Waals surface area contributed by atoms with Gasteiger partial charge in [-0.15, -0.1) is 0 Å². The van der Waals surface area contributed by atoms with E-state index < -0.39 is 0 Å². The minimum atomic E-state index is -0.196. The molecule has 1 heterocycles. The highest BCUT2D eigenvalue weighted by Gasteiger charge is 2.08. The molecule has 3 aromatic rings. The summed E-state index contributed by atoms with van der Waals surface area (Å²) >= 11 is 0. The van der Waals surface area contributed by atoms with Crippen molar-refractivity contribution in [1.29, 1.82) is 0 Å². The van der Waals surface area contributed by atoms with Crippen LogP contribution < -0.4 is 15.4 Å². The van der Waals surface area contributed by atoms with Crippen LogP contribution in [0.25, 0.3) is 0 Å². The number of hydrogen-bond donors (Lipinski definition) is 2. The Bertz CT molecular complexity index is 864. The predicted octanol–water partition coefficient (Wildman–Crippen LogP) is 5.34. The van der Waals surface area contributed by atoms with Crippen LogP contribution in [0.5, 0.6) is 11.5 Å². The van der Waals surface area contributed by atoms with Crippen LogP contribution in [0.15, 0.2) is 73.1 Å². The van der Waals surface area contributed by atoms with E-state index in [0.717, 1.165) is 30.8 Å². The minimum absolute atomic E-state index is 0.196. The number of aromatic nitrogens is 1. The summed E-state index contributed by atoms with van der Waals surface area (Å²) < 4.78 is 5.75. The zero-order valence-corrected chi connectivity index (χ0v) is 15.3. The summed E-state index contributed by atoms with van der Waals surface area (Å²) in [6.07, 6.45) is 5.48. The molecule has 2 aromatic carbocycles. The fraction of sp³-hybridized carbons (Fsp3) is 0.182. The number of carbonyl (C=O) groups is 1. The van der Waals surface area contributed by atoms with Crippen LogP contribution in [-0.2, 0) is 0 Å². The van der Waals surface area contributed by atoms with E-state index in [-0.39, 0.29) is 5.91 Å². The summed E-state index contributed by atoms with van der Waals surface area (Å²) in [6.45, 7) is 3.01. The van der Waals surface area contributed by atoms with Crippen molar-refractivity contribution in [2.24, 2.45) is 0 Å². The lowest BCUT2D eigenvalue weighted by Gasteiger charge is -2.09. The van der Waals surface area contributed by atoms with Gasteiger partial charge in [0.1, 0.15) is 11.5 Å². The SMILES string of the molecule is CCCCNc1cncc(C(=O)Nc2ccc(Oc3ccccc3)cc2)c1. The van der Waals surface area contributed by atoms with Gasteiger partial charge in [-0.1, -0.05) is 31.5 Å². The molecule has 0 bridgehead atoms. The third kappa shape index (κ3) is 5.57. The van der Waals surface area contributed by atoms with E-state index in [9.17, 15) is 4.79 Å². The maximum absolute atomic E-state index is 12.5. The van der Waals surface area contributed by atoms with Gasteiger partial charge in [0.25, 0.3) is 5.91 Å². The number of nitrogens with zero attached hydrogens (tertiary/aromatic N) is 1. The van der Waals surface area contributed by atoms with Gasteiger partial charge in [0, 0.05) is 24.6 Å². The van der Waals surface area contributed by atoms with Gasteiger partial charge < -0.3 is 15.4 Å². The quantitative estimate of drug-likeness (QED) is 0.532. The summed E-state index contributed by atoms with van der Waals surface area (Å²) in [6, 6.07) is 18.6. The van der Waals surface area contributed by atoms with Crippen molar-refractivity contribution in [1.82, 2.24) is 4.98 Å². The van der Waals surface area contributed by atoms with Crippen LogP contribution in [0, 0.1) is 0 Å². The number of benzene rings is 2. The molecular weight excluding hydrogens is 338 g/mol. The summed E-state index contributed by atoms with van der Waals surface area (Å²) in [5.74, 6) is 1.29. The van der Waals surface area contributed by atoms with E-state index in [0.29, 0.717) is 17.0 Å². The average molecular weight is 361 g/mol. The van der Waals surface area contributed by atoms with Gasteiger partial charge >= 0.3 is 0 Å². The molecule has 3 rings (SSSR count). The Labute approximate surface area is 159 Å². The fourth-order valence-corrected chi connectivity index (χ4v) is 2.50. The minimum Gasteiger partial charge on any atom is -0.457 e. The first kappa shape index (κ1) is 18.5. The van der Waals surface area contributed by atoms with Crippen molar-refractivity contribution in [3.63, 3.8) is 0 Å². The van der Waals surface area contributed by atoms with Crippen molar-refractivity contribution in [2.75, 3.05) is 17.2 Å². The van der Waals surface area contributed by atoms with Crippen molar-refractivity contribution < 1.29 is 9.53 Å². The maximum Gasteiger partial charge on any atom is 0.257 e. The second kappa shape index (κ2) is 9.38. The highest BCUT2D eigenvalue weighted by molar-refractivity contribution is 6.04. The molecule has 1 amide bonds. The number of para-hydroxylation sites is 1. The zero-order chi connectivity index (χ0) is 18.9. The number of pyridine rings is 1. The first-order valence-electron chi connectivity index (χ1n) is 9.08. The molecule has 0 aliphatic rings. The molecular formula is C22H23N3O2. The second-order valence-corrected chi connectivity index (χ2v) is 6.14. The van der Waals surface area contributed by atoms with Crippen molar-refractivity contribution in [2.45, 2.75) is 19.8 Å². The lowest BCUT2D eigenvalue weighted by molar-refractivity contribution is 0.102. The Morgan fingerprint density at radius 3 is 2.44 bits per heavy atom. The monoisotopic (exact) mass is 361 g/mol. The van der Waals surface area contributed by atoms with E-state index in [1.54, 1.807) is 12.4 Å². The van der Waals surface area contributed by atoms with Crippen molar-refractivity contribution in [3.05, 3.63) is 78.6 Å². The van der Waals surface area contributed by atoms with E-state index >= 15 is 0 Å². The van der Waals surface area contributed by atoms with Gasteiger partial charge in [-0.3, -0.25) is 9.78 Å². The van der Waals surface area contributed by atoms with E-state index in [4.69, 9.17) is 4.74 Å². The highest BCUT2D eigenvalue weighted by atomic mass is 16.5. The molecule has 0 fully saturated rings. The third-order valence-electron chi connectivity index (χ3n) is 3.95. The Morgan fingerprint density at radius 1 is 0.963 bits per heavy atom. The van der Waals surface area contributed by atoms with Gasteiger partial charge in [-0.05, 0) is 48.9 Å². The number of anilines is 2. The van der Waals surface area contributed by atoms with Crippen LogP contribution in [0.4, 0.5) is 11.4 Å².